The number of esters is 1. The number of hydrogen-bond donors (Lipinski definition) is 0. The summed E-state index contributed by atoms with van der Waals surface area (Å²) < 4.78 is 10.4. The minimum atomic E-state index is -0.577. The Morgan fingerprint density at radius 2 is 1.68 bits per heavy atom. The van der Waals surface area contributed by atoms with Crippen LogP contribution in [0.4, 0.5) is 5.69 Å². The maximum Gasteiger partial charge on any atom is 0.338 e. The zero-order valence-electron chi connectivity index (χ0n) is 17.2. The van der Waals surface area contributed by atoms with Crippen LogP contribution < -0.4 is 4.90 Å². The van der Waals surface area contributed by atoms with Gasteiger partial charge in [0.15, 0.2) is 6.61 Å². The Morgan fingerprint density at radius 1 is 1.03 bits per heavy atom. The number of amides is 2. The molecule has 2 amide bonds. The first-order valence-corrected chi connectivity index (χ1v) is 9.98. The second-order valence-electron chi connectivity index (χ2n) is 7.53. The molecule has 0 spiro atoms. The molecule has 0 saturated carbocycles. The summed E-state index contributed by atoms with van der Waals surface area (Å²) in [5, 5.41) is 3.93. The molecule has 158 valence electrons. The summed E-state index contributed by atoms with van der Waals surface area (Å²) in [5.41, 5.74) is 2.75. The predicted molar refractivity (Wildman–Crippen MR) is 111 cm³/mol. The van der Waals surface area contributed by atoms with E-state index in [4.69, 9.17) is 9.26 Å². The van der Waals surface area contributed by atoms with Crippen LogP contribution >= 0.6 is 0 Å². The minimum absolute atomic E-state index is 0.166. The van der Waals surface area contributed by atoms with E-state index in [2.05, 4.69) is 24.0 Å². The van der Waals surface area contributed by atoms with Gasteiger partial charge in [0.25, 0.3) is 5.89 Å². The molecule has 0 radical (unpaired) electrons. The molecule has 8 nitrogen and oxygen atoms in total. The van der Waals surface area contributed by atoms with Crippen LogP contribution in [0.1, 0.15) is 54.4 Å². The molecule has 1 aliphatic heterocycles. The van der Waals surface area contributed by atoms with Gasteiger partial charge in [0, 0.05) is 18.4 Å². The molecule has 1 saturated heterocycles. The Hall–Kier alpha value is -3.81. The van der Waals surface area contributed by atoms with Crippen molar-refractivity contribution < 1.29 is 23.6 Å². The summed E-state index contributed by atoms with van der Waals surface area (Å²) in [5.74, 6) is -0.0316. The lowest BCUT2D eigenvalue weighted by Crippen LogP contribution is -2.28. The van der Waals surface area contributed by atoms with Gasteiger partial charge in [-0.15, -0.1) is 0 Å². The zero-order valence-corrected chi connectivity index (χ0v) is 17.2. The van der Waals surface area contributed by atoms with E-state index in [9.17, 15) is 14.4 Å². The number of nitrogens with zero attached hydrogens (tertiary/aromatic N) is 3. The van der Waals surface area contributed by atoms with Crippen molar-refractivity contribution >= 4 is 23.5 Å². The van der Waals surface area contributed by atoms with E-state index in [1.54, 1.807) is 12.1 Å². The van der Waals surface area contributed by atoms with Gasteiger partial charge in [-0.3, -0.25) is 14.5 Å². The minimum Gasteiger partial charge on any atom is -0.452 e. The second kappa shape index (κ2) is 8.51. The fourth-order valence-electron chi connectivity index (χ4n) is 3.27. The van der Waals surface area contributed by atoms with E-state index in [0.717, 1.165) is 10.5 Å². The molecule has 1 aliphatic rings. The molecular weight excluding hydrogens is 398 g/mol. The lowest BCUT2D eigenvalue weighted by Gasteiger charge is -2.13. The molecule has 3 aromatic rings. The van der Waals surface area contributed by atoms with Crippen molar-refractivity contribution in [3.8, 4) is 11.4 Å². The van der Waals surface area contributed by atoms with E-state index in [1.807, 2.05) is 24.3 Å². The summed E-state index contributed by atoms with van der Waals surface area (Å²) in [4.78, 5) is 41.3. The molecule has 4 rings (SSSR count). The van der Waals surface area contributed by atoms with Crippen molar-refractivity contribution in [1.29, 1.82) is 0 Å². The molecule has 2 heterocycles. The lowest BCUT2D eigenvalue weighted by atomic mass is 10.0. The Kier molecular flexibility index (Phi) is 5.62. The van der Waals surface area contributed by atoms with E-state index >= 15 is 0 Å². The molecule has 0 aliphatic carbocycles. The van der Waals surface area contributed by atoms with Gasteiger partial charge < -0.3 is 9.26 Å². The summed E-state index contributed by atoms with van der Waals surface area (Å²) >= 11 is 0. The van der Waals surface area contributed by atoms with Crippen LogP contribution in [0.15, 0.2) is 53.1 Å². The lowest BCUT2D eigenvalue weighted by molar-refractivity contribution is -0.121. The highest BCUT2D eigenvalue weighted by Crippen LogP contribution is 2.23. The zero-order chi connectivity index (χ0) is 22.0. The van der Waals surface area contributed by atoms with Crippen molar-refractivity contribution in [2.24, 2.45) is 0 Å². The van der Waals surface area contributed by atoms with Crippen LogP contribution in [0.25, 0.3) is 11.4 Å². The molecule has 0 atom stereocenters. The number of carbonyl (C=O) groups excluding carboxylic acids is 3. The van der Waals surface area contributed by atoms with Gasteiger partial charge in [-0.05, 0) is 35.7 Å². The van der Waals surface area contributed by atoms with Crippen LogP contribution in [0.5, 0.6) is 0 Å². The molecule has 1 aromatic heterocycles. The summed E-state index contributed by atoms with van der Waals surface area (Å²) in [7, 11) is 0. The molecule has 2 aromatic carbocycles. The van der Waals surface area contributed by atoms with Gasteiger partial charge >= 0.3 is 5.97 Å². The molecule has 0 N–H and O–H groups in total. The number of ether oxygens (including phenoxy) is 1. The van der Waals surface area contributed by atoms with Crippen LogP contribution in [-0.4, -0.2) is 27.9 Å². The Labute approximate surface area is 178 Å². The largest absolute Gasteiger partial charge is 0.452 e. The second-order valence-corrected chi connectivity index (χ2v) is 7.53. The van der Waals surface area contributed by atoms with Crippen molar-refractivity contribution in [3.63, 3.8) is 0 Å². The molecular formula is C23H21N3O5. The van der Waals surface area contributed by atoms with E-state index < -0.39 is 5.97 Å². The van der Waals surface area contributed by atoms with Crippen molar-refractivity contribution in [2.75, 3.05) is 4.90 Å². The highest BCUT2D eigenvalue weighted by molar-refractivity contribution is 6.19. The van der Waals surface area contributed by atoms with Gasteiger partial charge in [0.1, 0.15) is 0 Å². The Bertz CT molecular complexity index is 1100. The third kappa shape index (κ3) is 4.37. The summed E-state index contributed by atoms with van der Waals surface area (Å²) in [6, 6.07) is 14.0. The molecule has 8 heteroatoms. The van der Waals surface area contributed by atoms with Crippen molar-refractivity contribution in [3.05, 3.63) is 65.5 Å². The van der Waals surface area contributed by atoms with E-state index in [-0.39, 0.29) is 42.7 Å². The molecule has 31 heavy (non-hydrogen) atoms. The van der Waals surface area contributed by atoms with Gasteiger partial charge in [0.05, 0.1) is 11.3 Å². The molecule has 1 fully saturated rings. The highest BCUT2D eigenvalue weighted by Gasteiger charge is 2.30. The fourth-order valence-corrected chi connectivity index (χ4v) is 3.27. The van der Waals surface area contributed by atoms with Crippen molar-refractivity contribution in [2.45, 2.75) is 39.2 Å². The Morgan fingerprint density at radius 3 is 2.29 bits per heavy atom. The first-order chi connectivity index (χ1) is 14.9. The van der Waals surface area contributed by atoms with Crippen molar-refractivity contribution in [1.82, 2.24) is 10.1 Å². The van der Waals surface area contributed by atoms with Gasteiger partial charge in [-0.1, -0.05) is 43.3 Å². The number of hydrogen-bond acceptors (Lipinski definition) is 7. The van der Waals surface area contributed by atoms with Gasteiger partial charge in [0.2, 0.25) is 17.6 Å². The summed E-state index contributed by atoms with van der Waals surface area (Å²) in [6.45, 7) is 4.07. The third-order valence-corrected chi connectivity index (χ3v) is 5.04. The quantitative estimate of drug-likeness (QED) is 0.441. The average Bonchev–Trinajstić information content (AvgIpc) is 3.38. The fraction of sp³-hybridized carbons (Fsp3) is 0.261. The number of imide groups is 1. The SMILES string of the molecule is CC(C)c1ccc(-c2noc(COC(=O)c3ccc(N4C(=O)CCC4=O)cc3)n2)cc1. The molecule has 0 bridgehead atoms. The predicted octanol–water partition coefficient (Wildman–Crippen LogP) is 3.87. The van der Waals surface area contributed by atoms with Crippen LogP contribution in [0.2, 0.25) is 0 Å². The maximum atomic E-state index is 12.3. The highest BCUT2D eigenvalue weighted by atomic mass is 16.6. The summed E-state index contributed by atoms with van der Waals surface area (Å²) in [6.07, 6.45) is 0.410. The van der Waals surface area contributed by atoms with Crippen LogP contribution in [0.3, 0.4) is 0 Å². The van der Waals surface area contributed by atoms with Gasteiger partial charge in [-0.2, -0.15) is 4.98 Å². The van der Waals surface area contributed by atoms with Gasteiger partial charge in [-0.25, -0.2) is 4.79 Å². The first kappa shape index (κ1) is 20.5. The van der Waals surface area contributed by atoms with E-state index in [0.29, 0.717) is 17.4 Å². The number of anilines is 1. The number of carbonyl (C=O) groups is 3. The van der Waals surface area contributed by atoms with Crippen LogP contribution in [0, 0.1) is 0 Å². The average molecular weight is 419 g/mol. The monoisotopic (exact) mass is 419 g/mol. The maximum absolute atomic E-state index is 12.3. The third-order valence-electron chi connectivity index (χ3n) is 5.04. The topological polar surface area (TPSA) is 103 Å². The normalized spacial score (nSPS) is 13.8. The molecule has 0 unspecified atom stereocenters. The first-order valence-electron chi connectivity index (χ1n) is 9.98. The standard InChI is InChI=1S/C23H21N3O5/c1-14(2)15-3-5-16(6-4-15)22-24-19(31-25-22)13-30-23(29)17-7-9-18(10-8-17)26-20(27)11-12-21(26)28/h3-10,14H,11-13H2,1-2H3. The Balaban J connectivity index is 1.37. The number of aromatic nitrogens is 2. The van der Waals surface area contributed by atoms with E-state index in [1.165, 1.54) is 17.7 Å². The van der Waals surface area contributed by atoms with Crippen LogP contribution in [-0.2, 0) is 20.9 Å². The number of benzene rings is 2. The number of rotatable bonds is 6. The smallest absolute Gasteiger partial charge is 0.338 e.